The summed E-state index contributed by atoms with van der Waals surface area (Å²) < 4.78 is 11.0. The first-order chi connectivity index (χ1) is 12.7. The Morgan fingerprint density at radius 2 is 1.62 bits per heavy atom. The summed E-state index contributed by atoms with van der Waals surface area (Å²) in [6.07, 6.45) is 15.2. The predicted octanol–water partition coefficient (Wildman–Crippen LogP) is 3.35. The van der Waals surface area contributed by atoms with E-state index >= 15 is 0 Å². The van der Waals surface area contributed by atoms with Gasteiger partial charge in [-0.15, -0.1) is 0 Å². The molecule has 1 rings (SSSR count). The maximum Gasteiger partial charge on any atom is 0.114 e. The maximum atomic E-state index is 9.86. The first-order valence-electron chi connectivity index (χ1n) is 10.6. The second-order valence-electron chi connectivity index (χ2n) is 7.33. The molecule has 4 atom stereocenters. The molecule has 0 aromatic heterocycles. The van der Waals surface area contributed by atoms with E-state index < -0.39 is 24.4 Å². The molecule has 154 valence electrons. The summed E-state index contributed by atoms with van der Waals surface area (Å²) in [5.41, 5.74) is 0. The highest BCUT2D eigenvalue weighted by molar-refractivity contribution is 4.89. The molecule has 1 heterocycles. The molecule has 0 saturated carbocycles. The van der Waals surface area contributed by atoms with Crippen LogP contribution in [0.3, 0.4) is 0 Å². The number of ether oxygens (including phenoxy) is 2. The van der Waals surface area contributed by atoms with E-state index in [-0.39, 0.29) is 13.2 Å². The molecule has 1 fully saturated rings. The predicted molar refractivity (Wildman–Crippen MR) is 104 cm³/mol. The van der Waals surface area contributed by atoms with Gasteiger partial charge in [0.25, 0.3) is 0 Å². The van der Waals surface area contributed by atoms with Crippen molar-refractivity contribution in [2.45, 2.75) is 102 Å². The summed E-state index contributed by atoms with van der Waals surface area (Å²) in [4.78, 5) is 0. The molecular formula is C21H40O5. The fourth-order valence-corrected chi connectivity index (χ4v) is 3.30. The van der Waals surface area contributed by atoms with Crippen molar-refractivity contribution < 1.29 is 24.8 Å². The van der Waals surface area contributed by atoms with Crippen LogP contribution in [-0.4, -0.2) is 59.6 Å². The maximum absolute atomic E-state index is 9.86. The number of allylic oxidation sites excluding steroid dienone is 2. The van der Waals surface area contributed by atoms with E-state index in [1.807, 2.05) is 0 Å². The van der Waals surface area contributed by atoms with Crippen molar-refractivity contribution in [2.75, 3.05) is 19.8 Å². The van der Waals surface area contributed by atoms with Crippen LogP contribution in [0.2, 0.25) is 0 Å². The topological polar surface area (TPSA) is 79.2 Å². The van der Waals surface area contributed by atoms with Gasteiger partial charge in [0.05, 0.1) is 13.2 Å². The van der Waals surface area contributed by atoms with Gasteiger partial charge in [-0.2, -0.15) is 0 Å². The SMILES string of the molecule is CCCCCC/C=C/CCCCCCCO[C@@H]1[C@H]([C@@H](O)CO)OC[C@H]1O. The van der Waals surface area contributed by atoms with E-state index in [9.17, 15) is 10.2 Å². The molecule has 0 unspecified atom stereocenters. The van der Waals surface area contributed by atoms with Crippen LogP contribution in [0.25, 0.3) is 0 Å². The smallest absolute Gasteiger partial charge is 0.114 e. The van der Waals surface area contributed by atoms with E-state index in [0.29, 0.717) is 6.61 Å². The number of aliphatic hydroxyl groups excluding tert-OH is 3. The standard InChI is InChI=1S/C21H40O5/c1-2-3-4-5-6-7-8-9-10-11-12-13-14-15-25-21-19(24)17-26-20(21)18(23)16-22/h7-8,18-24H,2-6,9-17H2,1H3/b8-7+/t18-,19+,20-,21-/m0/s1. The van der Waals surface area contributed by atoms with E-state index in [1.54, 1.807) is 0 Å². The molecule has 0 aliphatic carbocycles. The molecule has 0 radical (unpaired) electrons. The zero-order valence-corrected chi connectivity index (χ0v) is 16.5. The van der Waals surface area contributed by atoms with E-state index in [1.165, 1.54) is 57.8 Å². The van der Waals surface area contributed by atoms with Crippen LogP contribution in [-0.2, 0) is 9.47 Å². The Morgan fingerprint density at radius 1 is 1.00 bits per heavy atom. The Balaban J connectivity index is 1.93. The lowest BCUT2D eigenvalue weighted by Crippen LogP contribution is -2.42. The normalized spacial score (nSPS) is 24.5. The quantitative estimate of drug-likeness (QED) is 0.286. The van der Waals surface area contributed by atoms with Gasteiger partial charge < -0.3 is 24.8 Å². The lowest BCUT2D eigenvalue weighted by Gasteiger charge is -2.23. The van der Waals surface area contributed by atoms with Crippen molar-refractivity contribution in [3.8, 4) is 0 Å². The largest absolute Gasteiger partial charge is 0.394 e. The third kappa shape index (κ3) is 10.0. The number of aliphatic hydroxyl groups is 3. The van der Waals surface area contributed by atoms with Crippen molar-refractivity contribution in [3.63, 3.8) is 0 Å². The van der Waals surface area contributed by atoms with Gasteiger partial charge in [0.2, 0.25) is 0 Å². The van der Waals surface area contributed by atoms with Gasteiger partial charge in [-0.25, -0.2) is 0 Å². The molecule has 5 heteroatoms. The fourth-order valence-electron chi connectivity index (χ4n) is 3.30. The molecular weight excluding hydrogens is 332 g/mol. The Kier molecular flexibility index (Phi) is 14.1. The third-order valence-corrected chi connectivity index (χ3v) is 4.95. The number of rotatable bonds is 16. The minimum absolute atomic E-state index is 0.151. The Labute approximate surface area is 159 Å². The summed E-state index contributed by atoms with van der Waals surface area (Å²) in [5.74, 6) is 0. The van der Waals surface area contributed by atoms with E-state index in [2.05, 4.69) is 19.1 Å². The van der Waals surface area contributed by atoms with Gasteiger partial charge in [-0.1, -0.05) is 57.6 Å². The molecule has 1 saturated heterocycles. The summed E-state index contributed by atoms with van der Waals surface area (Å²) in [7, 11) is 0. The molecule has 0 aromatic rings. The molecule has 1 aliphatic rings. The molecule has 0 aromatic carbocycles. The first kappa shape index (κ1) is 23.6. The third-order valence-electron chi connectivity index (χ3n) is 4.95. The Bertz CT molecular complexity index is 347. The van der Waals surface area contributed by atoms with E-state index in [4.69, 9.17) is 14.6 Å². The van der Waals surface area contributed by atoms with Gasteiger partial charge >= 0.3 is 0 Å². The molecule has 1 aliphatic heterocycles. The van der Waals surface area contributed by atoms with Crippen molar-refractivity contribution >= 4 is 0 Å². The molecule has 26 heavy (non-hydrogen) atoms. The highest BCUT2D eigenvalue weighted by Gasteiger charge is 2.40. The van der Waals surface area contributed by atoms with Gasteiger partial charge in [-0.05, 0) is 32.1 Å². The zero-order valence-electron chi connectivity index (χ0n) is 16.5. The van der Waals surface area contributed by atoms with Gasteiger partial charge in [-0.3, -0.25) is 0 Å². The first-order valence-corrected chi connectivity index (χ1v) is 10.6. The highest BCUT2D eigenvalue weighted by atomic mass is 16.6. The van der Waals surface area contributed by atoms with Crippen molar-refractivity contribution in [1.82, 2.24) is 0 Å². The van der Waals surface area contributed by atoms with Crippen LogP contribution in [0.15, 0.2) is 12.2 Å². The summed E-state index contributed by atoms with van der Waals surface area (Å²) >= 11 is 0. The molecule has 0 spiro atoms. The van der Waals surface area contributed by atoms with Crippen LogP contribution < -0.4 is 0 Å². The van der Waals surface area contributed by atoms with Crippen LogP contribution in [0.5, 0.6) is 0 Å². The Hall–Kier alpha value is -0.460. The summed E-state index contributed by atoms with van der Waals surface area (Å²) in [6, 6.07) is 0. The number of hydrogen-bond donors (Lipinski definition) is 3. The van der Waals surface area contributed by atoms with Gasteiger partial charge in [0.15, 0.2) is 0 Å². The lowest BCUT2D eigenvalue weighted by molar-refractivity contribution is -0.0938. The van der Waals surface area contributed by atoms with Gasteiger partial charge in [0, 0.05) is 6.61 Å². The molecule has 0 amide bonds. The lowest BCUT2D eigenvalue weighted by atomic mass is 10.1. The van der Waals surface area contributed by atoms with Crippen molar-refractivity contribution in [1.29, 1.82) is 0 Å². The van der Waals surface area contributed by atoms with Crippen LogP contribution in [0.1, 0.15) is 77.6 Å². The molecule has 3 N–H and O–H groups in total. The highest BCUT2D eigenvalue weighted by Crippen LogP contribution is 2.21. The van der Waals surface area contributed by atoms with Crippen molar-refractivity contribution in [2.24, 2.45) is 0 Å². The van der Waals surface area contributed by atoms with Gasteiger partial charge in [0.1, 0.15) is 24.4 Å². The number of hydrogen-bond acceptors (Lipinski definition) is 5. The van der Waals surface area contributed by atoms with Crippen LogP contribution in [0, 0.1) is 0 Å². The Morgan fingerprint density at radius 3 is 2.27 bits per heavy atom. The summed E-state index contributed by atoms with van der Waals surface area (Å²) in [6.45, 7) is 2.56. The zero-order chi connectivity index (χ0) is 19.0. The average Bonchev–Trinajstić information content (AvgIpc) is 3.02. The minimum Gasteiger partial charge on any atom is -0.394 e. The monoisotopic (exact) mass is 372 g/mol. The van der Waals surface area contributed by atoms with Crippen LogP contribution >= 0.6 is 0 Å². The fraction of sp³-hybridized carbons (Fsp3) is 0.905. The van der Waals surface area contributed by atoms with E-state index in [0.717, 1.165) is 12.8 Å². The number of unbranched alkanes of at least 4 members (excludes halogenated alkanes) is 9. The molecule has 0 bridgehead atoms. The second-order valence-corrected chi connectivity index (χ2v) is 7.33. The van der Waals surface area contributed by atoms with Crippen molar-refractivity contribution in [3.05, 3.63) is 12.2 Å². The second kappa shape index (κ2) is 15.6. The average molecular weight is 373 g/mol. The molecule has 5 nitrogen and oxygen atoms in total. The minimum atomic E-state index is -1.00. The summed E-state index contributed by atoms with van der Waals surface area (Å²) in [5, 5.41) is 28.6. The van der Waals surface area contributed by atoms with Crippen LogP contribution in [0.4, 0.5) is 0 Å².